The lowest BCUT2D eigenvalue weighted by molar-refractivity contribution is 0.0140. The molecular weight excluding hydrogens is 204 g/mol. The van der Waals surface area contributed by atoms with E-state index in [-0.39, 0.29) is 0 Å². The third-order valence-electron chi connectivity index (χ3n) is 3.20. The second-order valence-corrected chi connectivity index (χ2v) is 4.81. The number of unbranched alkanes of at least 4 members (excludes halogenated alkanes) is 1. The van der Waals surface area contributed by atoms with E-state index >= 15 is 0 Å². The fourth-order valence-electron chi connectivity index (χ4n) is 2.24. The van der Waals surface area contributed by atoms with Crippen LogP contribution in [0.15, 0.2) is 5.16 Å². The topological polar surface area (TPSA) is 67.8 Å². The van der Waals surface area contributed by atoms with Gasteiger partial charge in [0.2, 0.25) is 0 Å². The van der Waals surface area contributed by atoms with Crippen molar-refractivity contribution < 1.29 is 9.94 Å². The van der Waals surface area contributed by atoms with E-state index < -0.39 is 0 Å². The van der Waals surface area contributed by atoms with E-state index in [9.17, 15) is 0 Å². The average molecular weight is 228 g/mol. The number of hydrogen-bond donors (Lipinski definition) is 2. The third kappa shape index (κ3) is 5.35. The molecule has 4 heteroatoms. The summed E-state index contributed by atoms with van der Waals surface area (Å²) in [6, 6.07) is 0. The summed E-state index contributed by atoms with van der Waals surface area (Å²) in [6.07, 6.45) is 8.11. The molecule has 0 saturated heterocycles. The molecule has 0 bridgehead atoms. The molecule has 0 aromatic carbocycles. The van der Waals surface area contributed by atoms with E-state index in [1.807, 2.05) is 0 Å². The van der Waals surface area contributed by atoms with E-state index in [1.165, 1.54) is 25.7 Å². The van der Waals surface area contributed by atoms with Crippen molar-refractivity contribution in [1.82, 2.24) is 0 Å². The standard InChI is InChI=1S/C12H24N2O2/c1-10-5-4-6-11(9-10)16-8-3-2-7-12(13)14-15/h10-11,15H,2-9H2,1H3,(H2,13,14). The number of hydrogen-bond acceptors (Lipinski definition) is 3. The van der Waals surface area contributed by atoms with Crippen LogP contribution in [0.4, 0.5) is 0 Å². The molecule has 2 unspecified atom stereocenters. The van der Waals surface area contributed by atoms with Crippen LogP contribution in [0.25, 0.3) is 0 Å². The van der Waals surface area contributed by atoms with E-state index in [2.05, 4.69) is 12.1 Å². The van der Waals surface area contributed by atoms with Gasteiger partial charge in [0.1, 0.15) is 5.84 Å². The average Bonchev–Trinajstić information content (AvgIpc) is 2.28. The Labute approximate surface area is 97.8 Å². The number of nitrogens with two attached hydrogens (primary N) is 1. The summed E-state index contributed by atoms with van der Waals surface area (Å²) < 4.78 is 5.83. The van der Waals surface area contributed by atoms with Gasteiger partial charge in [0.25, 0.3) is 0 Å². The lowest BCUT2D eigenvalue weighted by atomic mass is 9.89. The molecule has 1 rings (SSSR count). The lowest BCUT2D eigenvalue weighted by Crippen LogP contribution is -2.22. The third-order valence-corrected chi connectivity index (χ3v) is 3.20. The van der Waals surface area contributed by atoms with Gasteiger partial charge in [-0.15, -0.1) is 0 Å². The summed E-state index contributed by atoms with van der Waals surface area (Å²) >= 11 is 0. The van der Waals surface area contributed by atoms with Crippen molar-refractivity contribution in [3.63, 3.8) is 0 Å². The zero-order valence-electron chi connectivity index (χ0n) is 10.2. The van der Waals surface area contributed by atoms with Crippen molar-refractivity contribution in [2.75, 3.05) is 6.61 Å². The van der Waals surface area contributed by atoms with Crippen molar-refractivity contribution in [1.29, 1.82) is 0 Å². The van der Waals surface area contributed by atoms with E-state index in [0.717, 1.165) is 25.4 Å². The van der Waals surface area contributed by atoms with Gasteiger partial charge in [0.15, 0.2) is 0 Å². The van der Waals surface area contributed by atoms with Gasteiger partial charge in [-0.1, -0.05) is 24.9 Å². The second kappa shape index (κ2) is 7.49. The molecule has 1 aliphatic carbocycles. The molecule has 1 aliphatic rings. The van der Waals surface area contributed by atoms with E-state index in [4.69, 9.17) is 15.7 Å². The molecule has 0 spiro atoms. The molecule has 3 N–H and O–H groups in total. The van der Waals surface area contributed by atoms with Gasteiger partial charge in [-0.2, -0.15) is 0 Å². The van der Waals surface area contributed by atoms with Crippen molar-refractivity contribution in [2.45, 2.75) is 58.0 Å². The Morgan fingerprint density at radius 2 is 2.25 bits per heavy atom. The minimum Gasteiger partial charge on any atom is -0.409 e. The predicted octanol–water partition coefficient (Wildman–Crippen LogP) is 2.50. The predicted molar refractivity (Wildman–Crippen MR) is 64.6 cm³/mol. The highest BCUT2D eigenvalue weighted by Gasteiger charge is 2.18. The van der Waals surface area contributed by atoms with Gasteiger partial charge in [0.05, 0.1) is 6.10 Å². The van der Waals surface area contributed by atoms with E-state index in [0.29, 0.717) is 18.4 Å². The molecule has 0 radical (unpaired) electrons. The second-order valence-electron chi connectivity index (χ2n) is 4.81. The Bertz CT molecular complexity index is 219. The molecule has 0 aromatic heterocycles. The molecule has 4 nitrogen and oxygen atoms in total. The number of ether oxygens (including phenoxy) is 1. The molecule has 1 saturated carbocycles. The fraction of sp³-hybridized carbons (Fsp3) is 0.917. The van der Waals surface area contributed by atoms with Gasteiger partial charge in [-0.25, -0.2) is 0 Å². The zero-order valence-corrected chi connectivity index (χ0v) is 10.2. The molecule has 0 amide bonds. The number of oxime groups is 1. The zero-order chi connectivity index (χ0) is 11.8. The summed E-state index contributed by atoms with van der Waals surface area (Å²) in [5.74, 6) is 1.13. The SMILES string of the molecule is CC1CCCC(OCCCC/C(N)=N/O)C1. The van der Waals surface area contributed by atoms with Gasteiger partial charge in [-0.3, -0.25) is 0 Å². The van der Waals surface area contributed by atoms with Crippen molar-refractivity contribution in [3.8, 4) is 0 Å². The molecular formula is C12H24N2O2. The van der Waals surface area contributed by atoms with Crippen LogP contribution in [0, 0.1) is 5.92 Å². The first-order chi connectivity index (χ1) is 7.72. The Morgan fingerprint density at radius 3 is 2.94 bits per heavy atom. The first-order valence-corrected chi connectivity index (χ1v) is 6.30. The number of amidine groups is 1. The van der Waals surface area contributed by atoms with Crippen LogP contribution in [-0.2, 0) is 4.74 Å². The van der Waals surface area contributed by atoms with Crippen molar-refractivity contribution >= 4 is 5.84 Å². The molecule has 16 heavy (non-hydrogen) atoms. The Morgan fingerprint density at radius 1 is 1.44 bits per heavy atom. The van der Waals surface area contributed by atoms with E-state index in [1.54, 1.807) is 0 Å². The smallest absolute Gasteiger partial charge is 0.139 e. The maximum atomic E-state index is 8.36. The van der Waals surface area contributed by atoms with Gasteiger partial charge < -0.3 is 15.7 Å². The van der Waals surface area contributed by atoms with Crippen LogP contribution in [0.1, 0.15) is 51.9 Å². The van der Waals surface area contributed by atoms with Gasteiger partial charge >= 0.3 is 0 Å². The van der Waals surface area contributed by atoms with Gasteiger partial charge in [0, 0.05) is 13.0 Å². The summed E-state index contributed by atoms with van der Waals surface area (Å²) in [4.78, 5) is 0. The summed E-state index contributed by atoms with van der Waals surface area (Å²) in [5.41, 5.74) is 5.38. The van der Waals surface area contributed by atoms with Crippen LogP contribution in [0.5, 0.6) is 0 Å². The highest BCUT2D eigenvalue weighted by atomic mass is 16.5. The molecule has 94 valence electrons. The van der Waals surface area contributed by atoms with Crippen molar-refractivity contribution in [3.05, 3.63) is 0 Å². The normalized spacial score (nSPS) is 26.9. The fourth-order valence-corrected chi connectivity index (χ4v) is 2.24. The Kier molecular flexibility index (Phi) is 6.23. The van der Waals surface area contributed by atoms with Crippen LogP contribution < -0.4 is 5.73 Å². The Hall–Kier alpha value is -0.770. The van der Waals surface area contributed by atoms with Crippen LogP contribution in [0.3, 0.4) is 0 Å². The van der Waals surface area contributed by atoms with Crippen LogP contribution >= 0.6 is 0 Å². The maximum absolute atomic E-state index is 8.36. The Balaban J connectivity index is 1.98. The molecule has 2 atom stereocenters. The van der Waals surface area contributed by atoms with Crippen LogP contribution in [-0.4, -0.2) is 23.8 Å². The molecule has 1 fully saturated rings. The van der Waals surface area contributed by atoms with Crippen LogP contribution in [0.2, 0.25) is 0 Å². The van der Waals surface area contributed by atoms with Crippen molar-refractivity contribution in [2.24, 2.45) is 16.8 Å². The largest absolute Gasteiger partial charge is 0.409 e. The molecule has 0 aromatic rings. The maximum Gasteiger partial charge on any atom is 0.139 e. The number of nitrogens with zero attached hydrogens (tertiary/aromatic N) is 1. The lowest BCUT2D eigenvalue weighted by Gasteiger charge is -2.26. The monoisotopic (exact) mass is 228 g/mol. The highest BCUT2D eigenvalue weighted by molar-refractivity contribution is 5.79. The molecule has 0 aliphatic heterocycles. The summed E-state index contributed by atoms with van der Waals surface area (Å²) in [5, 5.41) is 11.3. The highest BCUT2D eigenvalue weighted by Crippen LogP contribution is 2.25. The summed E-state index contributed by atoms with van der Waals surface area (Å²) in [6.45, 7) is 3.10. The quantitative estimate of drug-likeness (QED) is 0.241. The minimum absolute atomic E-state index is 0.311. The van der Waals surface area contributed by atoms with Gasteiger partial charge in [-0.05, 0) is 31.6 Å². The first-order valence-electron chi connectivity index (χ1n) is 6.30. The number of rotatable bonds is 6. The minimum atomic E-state index is 0.311. The first kappa shape index (κ1) is 13.3. The summed E-state index contributed by atoms with van der Waals surface area (Å²) in [7, 11) is 0. The molecule has 0 heterocycles.